The molecule has 6 nitrogen and oxygen atoms in total. The fourth-order valence-corrected chi connectivity index (χ4v) is 2.08. The van der Waals surface area contributed by atoms with Crippen LogP contribution in [0, 0.1) is 6.92 Å². The zero-order chi connectivity index (χ0) is 13.3. The molecule has 0 saturated heterocycles. The van der Waals surface area contributed by atoms with Crippen LogP contribution >= 0.6 is 0 Å². The second kappa shape index (κ2) is 4.80. The predicted molar refractivity (Wildman–Crippen MR) is 69.1 cm³/mol. The molecule has 2 aromatic rings. The van der Waals surface area contributed by atoms with Crippen molar-refractivity contribution < 1.29 is 4.79 Å². The lowest BCUT2D eigenvalue weighted by Gasteiger charge is -2.08. The van der Waals surface area contributed by atoms with E-state index in [1.807, 2.05) is 37.2 Å². The van der Waals surface area contributed by atoms with Crippen LogP contribution in [0.5, 0.6) is 0 Å². The van der Waals surface area contributed by atoms with Crippen LogP contribution in [0.3, 0.4) is 0 Å². The molecule has 0 aromatic carbocycles. The van der Waals surface area contributed by atoms with E-state index >= 15 is 0 Å². The van der Waals surface area contributed by atoms with E-state index in [-0.39, 0.29) is 11.9 Å². The summed E-state index contributed by atoms with van der Waals surface area (Å²) in [7, 11) is 1.90. The molecule has 2 rings (SSSR count). The van der Waals surface area contributed by atoms with Crippen LogP contribution in [0.25, 0.3) is 11.0 Å². The van der Waals surface area contributed by atoms with Crippen molar-refractivity contribution in [3.8, 4) is 0 Å². The maximum Gasteiger partial charge on any atom is 0.222 e. The Hall–Kier alpha value is -1.85. The minimum absolute atomic E-state index is 0.0511. The number of carbonyl (C=O) groups is 1. The highest BCUT2D eigenvalue weighted by Crippen LogP contribution is 2.16. The molecule has 0 spiro atoms. The summed E-state index contributed by atoms with van der Waals surface area (Å²) in [6.45, 7) is 6.44. The van der Waals surface area contributed by atoms with Crippen LogP contribution in [0.1, 0.15) is 26.0 Å². The standard InChI is InChI=1S/C12H19N5O/c1-8(2)14-11(18)5-6-17-12-9(3)15-16(4)10(12)7-13-17/h7-8H,5-6H2,1-4H3,(H,14,18). The maximum absolute atomic E-state index is 11.6. The summed E-state index contributed by atoms with van der Waals surface area (Å²) in [5, 5.41) is 11.5. The van der Waals surface area contributed by atoms with Gasteiger partial charge in [0.1, 0.15) is 11.0 Å². The Kier molecular flexibility index (Phi) is 3.36. The molecule has 0 aliphatic heterocycles. The van der Waals surface area contributed by atoms with Gasteiger partial charge in [0.15, 0.2) is 0 Å². The molecule has 0 aliphatic rings. The highest BCUT2D eigenvalue weighted by molar-refractivity contribution is 5.78. The summed E-state index contributed by atoms with van der Waals surface area (Å²) in [5.41, 5.74) is 2.95. The van der Waals surface area contributed by atoms with Crippen LogP contribution in [-0.2, 0) is 18.4 Å². The average Bonchev–Trinajstić information content (AvgIpc) is 2.79. The third-order valence-electron chi connectivity index (χ3n) is 2.81. The van der Waals surface area contributed by atoms with Crippen molar-refractivity contribution in [2.75, 3.05) is 0 Å². The van der Waals surface area contributed by atoms with Gasteiger partial charge in [0.2, 0.25) is 5.91 Å². The summed E-state index contributed by atoms with van der Waals surface area (Å²) in [6.07, 6.45) is 2.22. The summed E-state index contributed by atoms with van der Waals surface area (Å²) in [4.78, 5) is 11.6. The molecular formula is C12H19N5O. The van der Waals surface area contributed by atoms with Gasteiger partial charge in [0.05, 0.1) is 18.4 Å². The summed E-state index contributed by atoms with van der Waals surface area (Å²) >= 11 is 0. The van der Waals surface area contributed by atoms with Gasteiger partial charge in [0.25, 0.3) is 0 Å². The number of carbonyl (C=O) groups excluding carboxylic acids is 1. The topological polar surface area (TPSA) is 64.7 Å². The second-order valence-electron chi connectivity index (χ2n) is 4.78. The normalized spacial score (nSPS) is 11.4. The molecule has 0 atom stereocenters. The summed E-state index contributed by atoms with van der Waals surface area (Å²) in [6, 6.07) is 0.176. The lowest BCUT2D eigenvalue weighted by molar-refractivity contribution is -0.121. The third kappa shape index (κ3) is 2.37. The number of aryl methyl sites for hydroxylation is 3. The van der Waals surface area contributed by atoms with Crippen molar-refractivity contribution >= 4 is 16.9 Å². The minimum atomic E-state index is 0.0511. The molecule has 1 amide bonds. The van der Waals surface area contributed by atoms with Crippen LogP contribution in [0.2, 0.25) is 0 Å². The number of rotatable bonds is 4. The van der Waals surface area contributed by atoms with E-state index in [0.29, 0.717) is 13.0 Å². The van der Waals surface area contributed by atoms with Crippen molar-refractivity contribution in [2.24, 2.45) is 7.05 Å². The number of amides is 1. The molecule has 1 N–H and O–H groups in total. The molecular weight excluding hydrogens is 230 g/mol. The smallest absolute Gasteiger partial charge is 0.222 e. The number of nitrogens with zero attached hydrogens (tertiary/aromatic N) is 4. The molecule has 18 heavy (non-hydrogen) atoms. The first kappa shape index (κ1) is 12.6. The highest BCUT2D eigenvalue weighted by atomic mass is 16.1. The predicted octanol–water partition coefficient (Wildman–Crippen LogP) is 0.993. The van der Waals surface area contributed by atoms with E-state index < -0.39 is 0 Å². The minimum Gasteiger partial charge on any atom is -0.354 e. The summed E-state index contributed by atoms with van der Waals surface area (Å²) < 4.78 is 3.65. The SMILES string of the molecule is Cc1nn(C)c2cnn(CCC(=O)NC(C)C)c12. The first-order valence-electron chi connectivity index (χ1n) is 6.13. The van der Waals surface area contributed by atoms with Crippen LogP contribution in [0.15, 0.2) is 6.20 Å². The number of hydrogen-bond acceptors (Lipinski definition) is 3. The Labute approximate surface area is 106 Å². The van der Waals surface area contributed by atoms with E-state index in [4.69, 9.17) is 0 Å². The summed E-state index contributed by atoms with van der Waals surface area (Å²) in [5.74, 6) is 0.0511. The molecule has 0 fully saturated rings. The van der Waals surface area contributed by atoms with Crippen molar-refractivity contribution in [3.05, 3.63) is 11.9 Å². The lowest BCUT2D eigenvalue weighted by Crippen LogP contribution is -2.30. The number of hydrogen-bond donors (Lipinski definition) is 1. The van der Waals surface area contributed by atoms with Crippen molar-refractivity contribution in [2.45, 2.75) is 39.8 Å². The van der Waals surface area contributed by atoms with Gasteiger partial charge in [-0.15, -0.1) is 0 Å². The van der Waals surface area contributed by atoms with Gasteiger partial charge >= 0.3 is 0 Å². The van der Waals surface area contributed by atoms with E-state index in [1.165, 1.54) is 0 Å². The van der Waals surface area contributed by atoms with Gasteiger partial charge in [-0.25, -0.2) is 0 Å². The first-order chi connectivity index (χ1) is 8.49. The Morgan fingerprint density at radius 1 is 1.50 bits per heavy atom. The Balaban J connectivity index is 2.10. The van der Waals surface area contributed by atoms with Gasteiger partial charge < -0.3 is 5.32 Å². The van der Waals surface area contributed by atoms with Crippen molar-refractivity contribution in [3.63, 3.8) is 0 Å². The monoisotopic (exact) mass is 249 g/mol. The molecule has 0 radical (unpaired) electrons. The Bertz CT molecular complexity index is 566. The number of nitrogens with one attached hydrogen (secondary N) is 1. The van der Waals surface area contributed by atoms with E-state index in [2.05, 4.69) is 15.5 Å². The van der Waals surface area contributed by atoms with Gasteiger partial charge in [-0.3, -0.25) is 14.2 Å². The number of fused-ring (bicyclic) bond motifs is 1. The van der Waals surface area contributed by atoms with E-state index in [1.54, 1.807) is 6.20 Å². The maximum atomic E-state index is 11.6. The zero-order valence-electron chi connectivity index (χ0n) is 11.3. The Morgan fingerprint density at radius 2 is 2.22 bits per heavy atom. The van der Waals surface area contributed by atoms with Crippen molar-refractivity contribution in [1.29, 1.82) is 0 Å². The first-order valence-corrected chi connectivity index (χ1v) is 6.13. The quantitative estimate of drug-likeness (QED) is 0.879. The largest absolute Gasteiger partial charge is 0.354 e. The molecule has 0 unspecified atom stereocenters. The molecule has 0 saturated carbocycles. The van der Waals surface area contributed by atoms with E-state index in [0.717, 1.165) is 16.7 Å². The molecule has 0 bridgehead atoms. The Morgan fingerprint density at radius 3 is 2.89 bits per heavy atom. The van der Waals surface area contributed by atoms with E-state index in [9.17, 15) is 4.79 Å². The highest BCUT2D eigenvalue weighted by Gasteiger charge is 2.12. The molecule has 2 heterocycles. The van der Waals surface area contributed by atoms with Crippen LogP contribution < -0.4 is 5.32 Å². The fraction of sp³-hybridized carbons (Fsp3) is 0.583. The lowest BCUT2D eigenvalue weighted by atomic mass is 10.3. The van der Waals surface area contributed by atoms with Gasteiger partial charge in [0, 0.05) is 19.5 Å². The van der Waals surface area contributed by atoms with Gasteiger partial charge in [-0.1, -0.05) is 0 Å². The average molecular weight is 249 g/mol. The molecule has 98 valence electrons. The van der Waals surface area contributed by atoms with Gasteiger partial charge in [-0.2, -0.15) is 10.2 Å². The molecule has 0 aliphatic carbocycles. The number of aromatic nitrogens is 4. The van der Waals surface area contributed by atoms with Gasteiger partial charge in [-0.05, 0) is 20.8 Å². The zero-order valence-corrected chi connectivity index (χ0v) is 11.3. The third-order valence-corrected chi connectivity index (χ3v) is 2.81. The van der Waals surface area contributed by atoms with Crippen molar-refractivity contribution in [1.82, 2.24) is 24.9 Å². The second-order valence-corrected chi connectivity index (χ2v) is 4.78. The molecule has 2 aromatic heterocycles. The fourth-order valence-electron chi connectivity index (χ4n) is 2.08. The van der Waals surface area contributed by atoms with Crippen LogP contribution in [-0.4, -0.2) is 31.5 Å². The molecule has 6 heteroatoms. The van der Waals surface area contributed by atoms with Crippen LogP contribution in [0.4, 0.5) is 0 Å².